The summed E-state index contributed by atoms with van der Waals surface area (Å²) in [5.41, 5.74) is 0.432. The van der Waals surface area contributed by atoms with Gasteiger partial charge in [-0.05, 0) is 31.5 Å². The van der Waals surface area contributed by atoms with Crippen LogP contribution < -0.4 is 14.4 Å². The van der Waals surface area contributed by atoms with E-state index in [-0.39, 0.29) is 24.9 Å². The van der Waals surface area contributed by atoms with Crippen molar-refractivity contribution in [1.29, 1.82) is 0 Å². The summed E-state index contributed by atoms with van der Waals surface area (Å²) in [6, 6.07) is 4.66. The van der Waals surface area contributed by atoms with Crippen molar-refractivity contribution in [1.82, 2.24) is 5.32 Å². The van der Waals surface area contributed by atoms with Crippen molar-refractivity contribution < 1.29 is 22.7 Å². The highest BCUT2D eigenvalue weighted by Crippen LogP contribution is 2.30. The second kappa shape index (κ2) is 9.84. The molecule has 0 fully saturated rings. The number of ether oxygens (including phenoxy) is 2. The Hall–Kier alpha value is -1.51. The van der Waals surface area contributed by atoms with E-state index in [2.05, 4.69) is 5.32 Å². The Kier molecular flexibility index (Phi) is 8.47. The molecule has 7 nitrogen and oxygen atoms in total. The molecule has 0 unspecified atom stereocenters. The lowest BCUT2D eigenvalue weighted by atomic mass is 10.2. The molecule has 0 aromatic heterocycles. The lowest BCUT2D eigenvalue weighted by Crippen LogP contribution is -2.36. The third kappa shape index (κ3) is 7.09. The number of hydrogen-bond acceptors (Lipinski definition) is 5. The van der Waals surface area contributed by atoms with Crippen LogP contribution in [0.4, 0.5) is 5.69 Å². The highest BCUT2D eigenvalue weighted by molar-refractivity contribution is 7.92. The Morgan fingerprint density at radius 3 is 2.56 bits per heavy atom. The van der Waals surface area contributed by atoms with Crippen LogP contribution in [0.15, 0.2) is 18.2 Å². The Balaban J connectivity index is 2.73. The number of hydrogen-bond donors (Lipinski definition) is 1. The number of halogens is 1. The van der Waals surface area contributed by atoms with Gasteiger partial charge >= 0.3 is 0 Å². The molecule has 0 aliphatic rings. The van der Waals surface area contributed by atoms with Crippen LogP contribution in [0.2, 0.25) is 5.02 Å². The minimum absolute atomic E-state index is 0.0936. The van der Waals surface area contributed by atoms with E-state index in [1.54, 1.807) is 19.2 Å². The Morgan fingerprint density at radius 2 is 2.04 bits per heavy atom. The van der Waals surface area contributed by atoms with Gasteiger partial charge in [-0.1, -0.05) is 11.6 Å². The Labute approximate surface area is 154 Å². The normalized spacial score (nSPS) is 12.5. The van der Waals surface area contributed by atoms with Crippen LogP contribution in [0, 0.1) is 0 Å². The van der Waals surface area contributed by atoms with E-state index in [1.807, 2.05) is 6.92 Å². The maximum absolute atomic E-state index is 12.1. The van der Waals surface area contributed by atoms with Gasteiger partial charge < -0.3 is 14.8 Å². The van der Waals surface area contributed by atoms with Crippen LogP contribution in [0.3, 0.4) is 0 Å². The molecule has 1 aromatic carbocycles. The van der Waals surface area contributed by atoms with Crippen LogP contribution >= 0.6 is 11.6 Å². The summed E-state index contributed by atoms with van der Waals surface area (Å²) in [7, 11) is -0.455. The molecule has 0 bridgehead atoms. The van der Waals surface area contributed by atoms with E-state index in [1.165, 1.54) is 17.5 Å². The molecule has 142 valence electrons. The molecular formula is C16H25ClN2O5S. The van der Waals surface area contributed by atoms with Gasteiger partial charge in [0.2, 0.25) is 15.9 Å². The Morgan fingerprint density at radius 1 is 1.36 bits per heavy atom. The summed E-state index contributed by atoms with van der Waals surface area (Å²) in [6.45, 7) is 2.43. The highest BCUT2D eigenvalue weighted by Gasteiger charge is 2.19. The van der Waals surface area contributed by atoms with Gasteiger partial charge in [-0.2, -0.15) is 0 Å². The molecule has 0 radical (unpaired) electrons. The van der Waals surface area contributed by atoms with Crippen molar-refractivity contribution in [2.75, 3.05) is 37.9 Å². The molecule has 0 spiro atoms. The number of amides is 1. The zero-order valence-electron chi connectivity index (χ0n) is 14.9. The first kappa shape index (κ1) is 21.5. The SMILES string of the molecule is COC[C@H](C)NC(=O)CCCN(c1ccc(OC)c(Cl)c1)S(C)(=O)=O. The maximum Gasteiger partial charge on any atom is 0.232 e. The second-order valence-electron chi connectivity index (χ2n) is 5.68. The first-order valence-corrected chi connectivity index (χ1v) is 10.0. The fourth-order valence-corrected chi connectivity index (χ4v) is 3.53. The lowest BCUT2D eigenvalue weighted by molar-refractivity contribution is -0.122. The smallest absolute Gasteiger partial charge is 0.232 e. The van der Waals surface area contributed by atoms with Crippen LogP contribution in [-0.4, -0.2) is 54.0 Å². The predicted octanol–water partition coefficient (Wildman–Crippen LogP) is 2.05. The number of nitrogens with zero attached hydrogens (tertiary/aromatic N) is 1. The molecule has 25 heavy (non-hydrogen) atoms. The number of methoxy groups -OCH3 is 2. The quantitative estimate of drug-likeness (QED) is 0.658. The fourth-order valence-electron chi connectivity index (χ4n) is 2.32. The summed E-state index contributed by atoms with van der Waals surface area (Å²) < 4.78 is 35.4. The van der Waals surface area contributed by atoms with Gasteiger partial charge in [0, 0.05) is 26.1 Å². The fraction of sp³-hybridized carbons (Fsp3) is 0.562. The first-order valence-electron chi connectivity index (χ1n) is 7.78. The monoisotopic (exact) mass is 392 g/mol. The van der Waals surface area contributed by atoms with E-state index in [9.17, 15) is 13.2 Å². The summed E-state index contributed by atoms with van der Waals surface area (Å²) in [5.74, 6) is 0.316. The molecule has 1 aromatic rings. The second-order valence-corrected chi connectivity index (χ2v) is 8.00. The highest BCUT2D eigenvalue weighted by atomic mass is 35.5. The topological polar surface area (TPSA) is 84.9 Å². The van der Waals surface area contributed by atoms with E-state index in [0.29, 0.717) is 29.5 Å². The van der Waals surface area contributed by atoms with Gasteiger partial charge in [0.15, 0.2) is 0 Å². The molecule has 0 saturated heterocycles. The maximum atomic E-state index is 12.1. The van der Waals surface area contributed by atoms with Crippen LogP contribution in [0.1, 0.15) is 19.8 Å². The molecule has 0 saturated carbocycles. The molecule has 0 aliphatic carbocycles. The number of benzene rings is 1. The van der Waals surface area contributed by atoms with E-state index >= 15 is 0 Å². The number of carbonyl (C=O) groups excluding carboxylic acids is 1. The van der Waals surface area contributed by atoms with Gasteiger partial charge in [0.25, 0.3) is 0 Å². The average Bonchev–Trinajstić information content (AvgIpc) is 2.50. The van der Waals surface area contributed by atoms with Gasteiger partial charge in [0.05, 0.1) is 30.7 Å². The van der Waals surface area contributed by atoms with Crippen molar-refractivity contribution >= 4 is 33.2 Å². The molecule has 1 rings (SSSR count). The van der Waals surface area contributed by atoms with Gasteiger partial charge in [-0.25, -0.2) is 8.42 Å². The molecule has 1 atom stereocenters. The molecule has 0 heterocycles. The third-order valence-corrected chi connectivity index (χ3v) is 4.90. The zero-order valence-corrected chi connectivity index (χ0v) is 16.5. The van der Waals surface area contributed by atoms with E-state index < -0.39 is 10.0 Å². The molecule has 1 amide bonds. The number of sulfonamides is 1. The van der Waals surface area contributed by atoms with E-state index in [4.69, 9.17) is 21.1 Å². The molecular weight excluding hydrogens is 368 g/mol. The standard InChI is InChI=1S/C16H25ClN2O5S/c1-12(11-23-2)18-16(20)6-5-9-19(25(4,21)22)13-7-8-15(24-3)14(17)10-13/h7-8,10,12H,5-6,9,11H2,1-4H3,(H,18,20)/t12-/m0/s1. The molecule has 9 heteroatoms. The van der Waals surface area contributed by atoms with Crippen molar-refractivity contribution in [3.8, 4) is 5.75 Å². The predicted molar refractivity (Wildman–Crippen MR) is 98.9 cm³/mol. The van der Waals surface area contributed by atoms with Crippen molar-refractivity contribution in [2.24, 2.45) is 0 Å². The van der Waals surface area contributed by atoms with Crippen molar-refractivity contribution in [3.05, 3.63) is 23.2 Å². The van der Waals surface area contributed by atoms with Crippen LogP contribution in [0.25, 0.3) is 0 Å². The van der Waals surface area contributed by atoms with Crippen molar-refractivity contribution in [3.63, 3.8) is 0 Å². The average molecular weight is 393 g/mol. The third-order valence-electron chi connectivity index (χ3n) is 3.41. The van der Waals surface area contributed by atoms with Gasteiger partial charge in [-0.15, -0.1) is 0 Å². The minimum atomic E-state index is -3.50. The summed E-state index contributed by atoms with van der Waals surface area (Å²) in [5, 5.41) is 3.11. The van der Waals surface area contributed by atoms with Crippen LogP contribution in [-0.2, 0) is 19.6 Å². The lowest BCUT2D eigenvalue weighted by Gasteiger charge is -2.23. The van der Waals surface area contributed by atoms with Crippen molar-refractivity contribution in [2.45, 2.75) is 25.8 Å². The van der Waals surface area contributed by atoms with Crippen LogP contribution in [0.5, 0.6) is 5.75 Å². The largest absolute Gasteiger partial charge is 0.495 e. The summed E-state index contributed by atoms with van der Waals surface area (Å²) in [4.78, 5) is 11.9. The summed E-state index contributed by atoms with van der Waals surface area (Å²) >= 11 is 6.07. The minimum Gasteiger partial charge on any atom is -0.495 e. The van der Waals surface area contributed by atoms with Gasteiger partial charge in [-0.3, -0.25) is 9.10 Å². The Bertz CT molecular complexity index is 681. The molecule has 0 aliphatic heterocycles. The van der Waals surface area contributed by atoms with Gasteiger partial charge in [0.1, 0.15) is 5.75 Å². The first-order chi connectivity index (χ1) is 11.7. The zero-order chi connectivity index (χ0) is 19.0. The number of rotatable bonds is 10. The summed E-state index contributed by atoms with van der Waals surface area (Å²) in [6.07, 6.45) is 1.71. The number of nitrogens with one attached hydrogen (secondary N) is 1. The number of anilines is 1. The molecule has 1 N–H and O–H groups in total. The van der Waals surface area contributed by atoms with E-state index in [0.717, 1.165) is 6.26 Å². The number of carbonyl (C=O) groups is 1.